The largest absolute Gasteiger partial charge is 0.340 e. The van der Waals surface area contributed by atoms with E-state index in [2.05, 4.69) is 66.3 Å². The number of aryl methyl sites for hydroxylation is 1. The number of rotatable bonds is 4. The molecule has 3 rings (SSSR count). The smallest absolute Gasteiger partial charge is 0.0491 e. The van der Waals surface area contributed by atoms with Crippen LogP contribution in [0.1, 0.15) is 6.42 Å². The van der Waals surface area contributed by atoms with Crippen molar-refractivity contribution in [1.82, 2.24) is 4.57 Å². The first-order valence-electron chi connectivity index (χ1n) is 6.57. The third-order valence-corrected chi connectivity index (χ3v) is 3.63. The Hall–Kier alpha value is -2.28. The number of benzene rings is 2. The molecule has 0 aliphatic rings. The van der Waals surface area contributed by atoms with Crippen LogP contribution in [0.15, 0.2) is 73.3 Å². The van der Waals surface area contributed by atoms with Crippen molar-refractivity contribution in [2.45, 2.75) is 13.0 Å². The van der Waals surface area contributed by atoms with Crippen LogP contribution in [0.4, 0.5) is 0 Å². The lowest BCUT2D eigenvalue weighted by atomic mass is 10.2. The van der Waals surface area contributed by atoms with Gasteiger partial charge >= 0.3 is 0 Å². The van der Waals surface area contributed by atoms with E-state index in [-0.39, 0.29) is 0 Å². The molecular weight excluding hydrogens is 230 g/mol. The highest BCUT2D eigenvalue weighted by Gasteiger charge is 2.08. The second-order valence-electron chi connectivity index (χ2n) is 4.80. The van der Waals surface area contributed by atoms with Gasteiger partial charge < -0.3 is 4.57 Å². The number of hydrogen-bond acceptors (Lipinski definition) is 0. The summed E-state index contributed by atoms with van der Waals surface area (Å²) < 4.78 is 2.37. The predicted octanol–water partition coefficient (Wildman–Crippen LogP) is 4.93. The number of hydrogen-bond donors (Lipinski definition) is 0. The van der Waals surface area contributed by atoms with Crippen LogP contribution >= 0.6 is 0 Å². The second-order valence-corrected chi connectivity index (χ2v) is 4.80. The molecule has 0 radical (unpaired) electrons. The first kappa shape index (κ1) is 11.8. The van der Waals surface area contributed by atoms with Crippen LogP contribution in [-0.4, -0.2) is 4.57 Å². The molecule has 2 aromatic carbocycles. The van der Waals surface area contributed by atoms with Crippen molar-refractivity contribution in [3.05, 3.63) is 73.3 Å². The van der Waals surface area contributed by atoms with Crippen LogP contribution in [0.2, 0.25) is 0 Å². The van der Waals surface area contributed by atoms with Crippen molar-refractivity contribution in [2.75, 3.05) is 0 Å². The van der Waals surface area contributed by atoms with Crippen molar-refractivity contribution < 1.29 is 0 Å². The van der Waals surface area contributed by atoms with Gasteiger partial charge in [0.25, 0.3) is 0 Å². The molecule has 3 aromatic rings. The molecule has 0 fully saturated rings. The number of aromatic nitrogens is 1. The van der Waals surface area contributed by atoms with E-state index in [0.29, 0.717) is 0 Å². The maximum absolute atomic E-state index is 4.00. The SMILES string of the molecule is C=CC(=C)CCn1c2ccccc2c2ccccc21. The minimum Gasteiger partial charge on any atom is -0.340 e. The molecule has 94 valence electrons. The molecule has 0 unspecified atom stereocenters. The third kappa shape index (κ3) is 1.97. The summed E-state index contributed by atoms with van der Waals surface area (Å²) >= 11 is 0. The van der Waals surface area contributed by atoms with Gasteiger partial charge in [-0.05, 0) is 18.6 Å². The van der Waals surface area contributed by atoms with Gasteiger partial charge in [-0.1, -0.05) is 61.2 Å². The normalized spacial score (nSPS) is 10.9. The summed E-state index contributed by atoms with van der Waals surface area (Å²) in [4.78, 5) is 0. The highest BCUT2D eigenvalue weighted by Crippen LogP contribution is 2.29. The van der Waals surface area contributed by atoms with E-state index in [4.69, 9.17) is 0 Å². The van der Waals surface area contributed by atoms with Crippen molar-refractivity contribution in [3.8, 4) is 0 Å². The Morgan fingerprint density at radius 2 is 1.47 bits per heavy atom. The molecule has 0 aliphatic carbocycles. The molecular formula is C18H17N. The Labute approximate surface area is 113 Å². The molecule has 1 heteroatoms. The monoisotopic (exact) mass is 247 g/mol. The van der Waals surface area contributed by atoms with Gasteiger partial charge in [0, 0.05) is 28.4 Å². The fourth-order valence-corrected chi connectivity index (χ4v) is 2.60. The van der Waals surface area contributed by atoms with E-state index in [1.54, 1.807) is 0 Å². The average Bonchev–Trinajstić information content (AvgIpc) is 2.79. The zero-order valence-corrected chi connectivity index (χ0v) is 11.0. The van der Waals surface area contributed by atoms with Gasteiger partial charge in [-0.25, -0.2) is 0 Å². The molecule has 19 heavy (non-hydrogen) atoms. The van der Waals surface area contributed by atoms with Gasteiger partial charge in [-0.15, -0.1) is 0 Å². The van der Waals surface area contributed by atoms with E-state index in [1.807, 2.05) is 6.08 Å². The summed E-state index contributed by atoms with van der Waals surface area (Å²) in [5, 5.41) is 2.64. The van der Waals surface area contributed by atoms with Crippen LogP contribution in [-0.2, 0) is 6.54 Å². The molecule has 0 spiro atoms. The molecule has 0 aliphatic heterocycles. The summed E-state index contributed by atoms with van der Waals surface area (Å²) in [6.45, 7) is 8.72. The quantitative estimate of drug-likeness (QED) is 0.576. The number of para-hydroxylation sites is 2. The Morgan fingerprint density at radius 1 is 0.947 bits per heavy atom. The molecule has 0 atom stereocenters. The maximum atomic E-state index is 4.00. The average molecular weight is 247 g/mol. The van der Waals surface area contributed by atoms with Crippen molar-refractivity contribution in [2.24, 2.45) is 0 Å². The zero-order chi connectivity index (χ0) is 13.2. The molecule has 0 saturated heterocycles. The van der Waals surface area contributed by atoms with Gasteiger partial charge in [0.15, 0.2) is 0 Å². The summed E-state index contributed by atoms with van der Waals surface area (Å²) in [5.41, 5.74) is 3.67. The molecule has 0 N–H and O–H groups in total. The number of nitrogens with zero attached hydrogens (tertiary/aromatic N) is 1. The maximum Gasteiger partial charge on any atom is 0.0491 e. The lowest BCUT2D eigenvalue weighted by Gasteiger charge is -2.07. The fraction of sp³-hybridized carbons (Fsp3) is 0.111. The Balaban J connectivity index is 2.19. The third-order valence-electron chi connectivity index (χ3n) is 3.63. The van der Waals surface area contributed by atoms with E-state index in [0.717, 1.165) is 18.5 Å². The van der Waals surface area contributed by atoms with Crippen LogP contribution in [0, 0.1) is 0 Å². The van der Waals surface area contributed by atoms with Crippen LogP contribution in [0.5, 0.6) is 0 Å². The van der Waals surface area contributed by atoms with E-state index >= 15 is 0 Å². The van der Waals surface area contributed by atoms with Gasteiger partial charge in [0.05, 0.1) is 0 Å². The molecule has 0 amide bonds. The minimum atomic E-state index is 0.937. The van der Waals surface area contributed by atoms with Crippen LogP contribution in [0.3, 0.4) is 0 Å². The van der Waals surface area contributed by atoms with Crippen LogP contribution < -0.4 is 0 Å². The van der Waals surface area contributed by atoms with Crippen molar-refractivity contribution in [1.29, 1.82) is 0 Å². The molecule has 1 nitrogen and oxygen atoms in total. The molecule has 0 bridgehead atoms. The van der Waals surface area contributed by atoms with E-state index in [1.165, 1.54) is 21.8 Å². The Morgan fingerprint density at radius 3 is 2.00 bits per heavy atom. The molecule has 0 saturated carbocycles. The van der Waals surface area contributed by atoms with Crippen molar-refractivity contribution >= 4 is 21.8 Å². The van der Waals surface area contributed by atoms with E-state index in [9.17, 15) is 0 Å². The van der Waals surface area contributed by atoms with E-state index < -0.39 is 0 Å². The second kappa shape index (κ2) is 4.77. The van der Waals surface area contributed by atoms with Crippen LogP contribution in [0.25, 0.3) is 21.8 Å². The first-order valence-corrected chi connectivity index (χ1v) is 6.57. The lowest BCUT2D eigenvalue weighted by molar-refractivity contribution is 0.749. The summed E-state index contributed by atoms with van der Waals surface area (Å²) in [6.07, 6.45) is 2.78. The zero-order valence-electron chi connectivity index (χ0n) is 11.0. The highest BCUT2D eigenvalue weighted by molar-refractivity contribution is 6.07. The summed E-state index contributed by atoms with van der Waals surface area (Å²) in [5.74, 6) is 0. The lowest BCUT2D eigenvalue weighted by Crippen LogP contribution is -1.97. The van der Waals surface area contributed by atoms with Gasteiger partial charge in [-0.3, -0.25) is 0 Å². The predicted molar refractivity (Wildman–Crippen MR) is 83.4 cm³/mol. The van der Waals surface area contributed by atoms with Gasteiger partial charge in [0.1, 0.15) is 0 Å². The number of fused-ring (bicyclic) bond motifs is 3. The van der Waals surface area contributed by atoms with Gasteiger partial charge in [0.2, 0.25) is 0 Å². The Bertz CT molecular complexity index is 708. The first-order chi connectivity index (χ1) is 9.31. The number of allylic oxidation sites excluding steroid dienone is 2. The highest BCUT2D eigenvalue weighted by atomic mass is 15.0. The summed E-state index contributed by atoms with van der Waals surface area (Å²) in [6, 6.07) is 17.1. The fourth-order valence-electron chi connectivity index (χ4n) is 2.60. The minimum absolute atomic E-state index is 0.937. The summed E-state index contributed by atoms with van der Waals surface area (Å²) in [7, 11) is 0. The standard InChI is InChI=1S/C18H17N/c1-3-14(2)12-13-19-17-10-6-4-8-15(17)16-9-5-7-11-18(16)19/h3-11H,1-2,12-13H2. The van der Waals surface area contributed by atoms with Gasteiger partial charge in [-0.2, -0.15) is 0 Å². The Kier molecular flexibility index (Phi) is 2.96. The van der Waals surface area contributed by atoms with Crippen molar-refractivity contribution in [3.63, 3.8) is 0 Å². The molecule has 1 aromatic heterocycles. The topological polar surface area (TPSA) is 4.93 Å². The molecule has 1 heterocycles.